The summed E-state index contributed by atoms with van der Waals surface area (Å²) in [7, 11) is 1.57. The minimum absolute atomic E-state index is 0.0292. The molecule has 0 fully saturated rings. The minimum atomic E-state index is -0.0292. The van der Waals surface area contributed by atoms with Gasteiger partial charge < -0.3 is 9.47 Å². The molecule has 1 aromatic carbocycles. The third kappa shape index (κ3) is 4.93. The molecule has 3 nitrogen and oxygen atoms in total. The SMILES string of the molecule is CCCCCCCOc1cccc(OC)c1C(C)=O. The Kier molecular flexibility index (Phi) is 7.01. The van der Waals surface area contributed by atoms with Gasteiger partial charge >= 0.3 is 0 Å². The molecule has 0 aromatic heterocycles. The van der Waals surface area contributed by atoms with Crippen LogP contribution in [-0.2, 0) is 0 Å². The van der Waals surface area contributed by atoms with Crippen molar-refractivity contribution in [2.75, 3.05) is 13.7 Å². The van der Waals surface area contributed by atoms with Crippen LogP contribution in [0.2, 0.25) is 0 Å². The van der Waals surface area contributed by atoms with E-state index in [-0.39, 0.29) is 5.78 Å². The van der Waals surface area contributed by atoms with E-state index in [2.05, 4.69) is 6.92 Å². The zero-order chi connectivity index (χ0) is 14.1. The number of ether oxygens (including phenoxy) is 2. The van der Waals surface area contributed by atoms with Crippen LogP contribution in [0, 0.1) is 0 Å². The van der Waals surface area contributed by atoms with Gasteiger partial charge in [0.1, 0.15) is 17.1 Å². The van der Waals surface area contributed by atoms with Crippen LogP contribution in [0.5, 0.6) is 11.5 Å². The smallest absolute Gasteiger partial charge is 0.167 e. The molecule has 106 valence electrons. The maximum atomic E-state index is 11.7. The van der Waals surface area contributed by atoms with Crippen molar-refractivity contribution in [3.05, 3.63) is 23.8 Å². The van der Waals surface area contributed by atoms with Crippen LogP contribution in [-0.4, -0.2) is 19.5 Å². The highest BCUT2D eigenvalue weighted by Crippen LogP contribution is 2.28. The second-order valence-corrected chi connectivity index (χ2v) is 4.65. The van der Waals surface area contributed by atoms with E-state index in [1.807, 2.05) is 12.1 Å². The van der Waals surface area contributed by atoms with Crippen molar-refractivity contribution in [1.29, 1.82) is 0 Å². The lowest BCUT2D eigenvalue weighted by atomic mass is 10.1. The van der Waals surface area contributed by atoms with E-state index in [4.69, 9.17) is 9.47 Å². The van der Waals surface area contributed by atoms with Gasteiger partial charge in [-0.05, 0) is 25.5 Å². The number of hydrogen-bond donors (Lipinski definition) is 0. The molecule has 0 N–H and O–H groups in total. The van der Waals surface area contributed by atoms with Gasteiger partial charge in [-0.1, -0.05) is 38.7 Å². The predicted octanol–water partition coefficient (Wildman–Crippen LogP) is 4.25. The van der Waals surface area contributed by atoms with E-state index >= 15 is 0 Å². The fourth-order valence-corrected chi connectivity index (χ4v) is 2.04. The Bertz CT molecular complexity index is 399. The molecule has 0 spiro atoms. The average molecular weight is 264 g/mol. The Labute approximate surface area is 115 Å². The summed E-state index contributed by atoms with van der Waals surface area (Å²) >= 11 is 0. The molecular weight excluding hydrogens is 240 g/mol. The topological polar surface area (TPSA) is 35.5 Å². The number of hydrogen-bond acceptors (Lipinski definition) is 3. The molecule has 0 atom stereocenters. The maximum Gasteiger partial charge on any atom is 0.167 e. The van der Waals surface area contributed by atoms with Crippen LogP contribution in [0.4, 0.5) is 0 Å². The molecule has 3 heteroatoms. The summed E-state index contributed by atoms with van der Waals surface area (Å²) in [6, 6.07) is 5.45. The molecule has 0 aliphatic rings. The number of rotatable bonds is 9. The molecule has 0 radical (unpaired) electrons. The van der Waals surface area contributed by atoms with Gasteiger partial charge in [-0.15, -0.1) is 0 Å². The highest BCUT2D eigenvalue weighted by Gasteiger charge is 2.14. The number of unbranched alkanes of at least 4 members (excludes halogenated alkanes) is 4. The first kappa shape index (κ1) is 15.5. The van der Waals surface area contributed by atoms with E-state index in [0.717, 1.165) is 6.42 Å². The second-order valence-electron chi connectivity index (χ2n) is 4.65. The normalized spacial score (nSPS) is 10.3. The first-order valence-electron chi connectivity index (χ1n) is 7.01. The second kappa shape index (κ2) is 8.57. The number of ketones is 1. The zero-order valence-corrected chi connectivity index (χ0v) is 12.2. The van der Waals surface area contributed by atoms with Crippen molar-refractivity contribution in [1.82, 2.24) is 0 Å². The fourth-order valence-electron chi connectivity index (χ4n) is 2.04. The van der Waals surface area contributed by atoms with Crippen LogP contribution in [0.3, 0.4) is 0 Å². The number of benzene rings is 1. The number of methoxy groups -OCH3 is 1. The lowest BCUT2D eigenvalue weighted by Crippen LogP contribution is -2.05. The Morgan fingerprint density at radius 3 is 2.42 bits per heavy atom. The number of Topliss-reactive ketones (excluding diaryl/α,β-unsaturated/α-hetero) is 1. The summed E-state index contributed by atoms with van der Waals surface area (Å²) in [6.45, 7) is 4.38. The Balaban J connectivity index is 2.55. The van der Waals surface area contributed by atoms with Gasteiger partial charge in [0.05, 0.1) is 13.7 Å². The Morgan fingerprint density at radius 2 is 1.79 bits per heavy atom. The van der Waals surface area contributed by atoms with Crippen LogP contribution in [0.15, 0.2) is 18.2 Å². The standard InChI is InChI=1S/C16H24O3/c1-4-5-6-7-8-12-19-15-11-9-10-14(18-3)16(15)13(2)17/h9-11H,4-8,12H2,1-3H3. The highest BCUT2D eigenvalue weighted by molar-refractivity contribution is 5.99. The summed E-state index contributed by atoms with van der Waals surface area (Å²) in [5.41, 5.74) is 0.540. The van der Waals surface area contributed by atoms with E-state index in [1.165, 1.54) is 32.6 Å². The van der Waals surface area contributed by atoms with Crippen LogP contribution in [0.25, 0.3) is 0 Å². The minimum Gasteiger partial charge on any atom is -0.496 e. The monoisotopic (exact) mass is 264 g/mol. The van der Waals surface area contributed by atoms with E-state index in [1.54, 1.807) is 13.2 Å². The molecule has 1 aromatic rings. The van der Waals surface area contributed by atoms with Crippen molar-refractivity contribution in [3.8, 4) is 11.5 Å². The lowest BCUT2D eigenvalue weighted by molar-refractivity contribution is 0.101. The van der Waals surface area contributed by atoms with Crippen LogP contribution >= 0.6 is 0 Å². The van der Waals surface area contributed by atoms with Gasteiger partial charge in [-0.3, -0.25) is 4.79 Å². The van der Waals surface area contributed by atoms with Crippen molar-refractivity contribution >= 4 is 5.78 Å². The Hall–Kier alpha value is -1.51. The fraction of sp³-hybridized carbons (Fsp3) is 0.562. The van der Waals surface area contributed by atoms with Crippen molar-refractivity contribution < 1.29 is 14.3 Å². The van der Waals surface area contributed by atoms with Gasteiger partial charge in [-0.2, -0.15) is 0 Å². The molecule has 0 amide bonds. The van der Waals surface area contributed by atoms with Crippen molar-refractivity contribution in [3.63, 3.8) is 0 Å². The molecule has 0 saturated carbocycles. The molecular formula is C16H24O3. The molecule has 19 heavy (non-hydrogen) atoms. The largest absolute Gasteiger partial charge is 0.496 e. The van der Waals surface area contributed by atoms with E-state index in [9.17, 15) is 4.79 Å². The Morgan fingerprint density at radius 1 is 1.11 bits per heavy atom. The zero-order valence-electron chi connectivity index (χ0n) is 12.2. The molecule has 1 rings (SSSR count). The molecule has 0 heterocycles. The first-order valence-corrected chi connectivity index (χ1v) is 7.01. The first-order chi connectivity index (χ1) is 9.20. The van der Waals surface area contributed by atoms with Crippen LogP contribution in [0.1, 0.15) is 56.3 Å². The molecule has 0 saturated heterocycles. The van der Waals surface area contributed by atoms with Crippen molar-refractivity contribution in [2.24, 2.45) is 0 Å². The third-order valence-corrected chi connectivity index (χ3v) is 3.07. The molecule has 0 bridgehead atoms. The number of carbonyl (C=O) groups excluding carboxylic acids is 1. The van der Waals surface area contributed by atoms with Gasteiger partial charge in [0.2, 0.25) is 0 Å². The molecule has 0 unspecified atom stereocenters. The summed E-state index contributed by atoms with van der Waals surface area (Å²) in [6.07, 6.45) is 5.96. The average Bonchev–Trinajstić information content (AvgIpc) is 2.42. The molecule has 0 aliphatic heterocycles. The highest BCUT2D eigenvalue weighted by atomic mass is 16.5. The maximum absolute atomic E-state index is 11.7. The summed E-state index contributed by atoms with van der Waals surface area (Å²) in [5, 5.41) is 0. The van der Waals surface area contributed by atoms with Crippen LogP contribution < -0.4 is 9.47 Å². The molecule has 0 aliphatic carbocycles. The summed E-state index contributed by atoms with van der Waals surface area (Å²) in [4.78, 5) is 11.7. The van der Waals surface area contributed by atoms with Gasteiger partial charge in [0.15, 0.2) is 5.78 Å². The summed E-state index contributed by atoms with van der Waals surface area (Å²) in [5.74, 6) is 1.18. The van der Waals surface area contributed by atoms with Gasteiger partial charge in [0.25, 0.3) is 0 Å². The summed E-state index contributed by atoms with van der Waals surface area (Å²) < 4.78 is 10.9. The number of carbonyl (C=O) groups is 1. The quantitative estimate of drug-likeness (QED) is 0.494. The van der Waals surface area contributed by atoms with Crippen molar-refractivity contribution in [2.45, 2.75) is 46.0 Å². The van der Waals surface area contributed by atoms with E-state index in [0.29, 0.717) is 23.7 Å². The lowest BCUT2D eigenvalue weighted by Gasteiger charge is -2.12. The predicted molar refractivity (Wildman–Crippen MR) is 77.3 cm³/mol. The third-order valence-electron chi connectivity index (χ3n) is 3.07. The van der Waals surface area contributed by atoms with Gasteiger partial charge in [-0.25, -0.2) is 0 Å². The van der Waals surface area contributed by atoms with Gasteiger partial charge in [0, 0.05) is 0 Å². The van der Waals surface area contributed by atoms with E-state index < -0.39 is 0 Å².